The van der Waals surface area contributed by atoms with Crippen molar-refractivity contribution in [1.29, 1.82) is 0 Å². The van der Waals surface area contributed by atoms with Crippen molar-refractivity contribution in [2.24, 2.45) is 0 Å². The van der Waals surface area contributed by atoms with Crippen molar-refractivity contribution >= 4 is 39.5 Å². The first kappa shape index (κ1) is 70.1. The Bertz CT molecular complexity index is 1420. The summed E-state index contributed by atoms with van der Waals surface area (Å²) in [5.74, 6) is -2.17. The molecule has 17 nitrogen and oxygen atoms in total. The first-order valence-electron chi connectivity index (χ1n) is 28.3. The molecule has 5 atom stereocenters. The van der Waals surface area contributed by atoms with Crippen molar-refractivity contribution in [1.82, 2.24) is 0 Å². The van der Waals surface area contributed by atoms with Crippen molar-refractivity contribution in [3.63, 3.8) is 0 Å². The summed E-state index contributed by atoms with van der Waals surface area (Å²) in [6, 6.07) is 0. The molecule has 0 aromatic heterocycles. The quantitative estimate of drug-likeness (QED) is 0.0222. The fraction of sp³-hybridized carbons (Fsp3) is 0.925. The highest BCUT2D eigenvalue weighted by Crippen LogP contribution is 2.45. The normalized spacial score (nSPS) is 14.5. The van der Waals surface area contributed by atoms with Crippen molar-refractivity contribution < 1.29 is 80.2 Å². The van der Waals surface area contributed by atoms with Crippen LogP contribution in [0.25, 0.3) is 0 Å². The summed E-state index contributed by atoms with van der Waals surface area (Å²) < 4.78 is 67.1. The van der Waals surface area contributed by atoms with Crippen LogP contribution in [0.5, 0.6) is 0 Å². The molecule has 19 heteroatoms. The summed E-state index contributed by atoms with van der Waals surface area (Å²) in [5.41, 5.74) is 0. The lowest BCUT2D eigenvalue weighted by Gasteiger charge is -2.21. The summed E-state index contributed by atoms with van der Waals surface area (Å²) in [6.07, 6.45) is 30.0. The summed E-state index contributed by atoms with van der Waals surface area (Å²) in [6.45, 7) is 4.63. The van der Waals surface area contributed by atoms with E-state index >= 15 is 0 Å². The summed E-state index contributed by atoms with van der Waals surface area (Å²) in [4.78, 5) is 71.2. The molecular formula is C53H102O17P2. The Labute approximate surface area is 435 Å². The van der Waals surface area contributed by atoms with Gasteiger partial charge in [-0.25, -0.2) is 9.13 Å². The van der Waals surface area contributed by atoms with E-state index < -0.39 is 97.5 Å². The molecular weight excluding hydrogens is 971 g/mol. The number of carbonyl (C=O) groups is 4. The number of esters is 4. The van der Waals surface area contributed by atoms with Crippen molar-refractivity contribution in [3.05, 3.63) is 0 Å². The molecule has 0 aliphatic heterocycles. The molecule has 0 radical (unpaired) electrons. The van der Waals surface area contributed by atoms with E-state index in [2.05, 4.69) is 27.7 Å². The number of rotatable bonds is 54. The Balaban J connectivity index is 5.10. The lowest BCUT2D eigenvalue weighted by atomic mass is 10.0. The number of carbonyl (C=O) groups excluding carboxylic acids is 4. The monoisotopic (exact) mass is 1070 g/mol. The van der Waals surface area contributed by atoms with E-state index in [9.17, 15) is 43.2 Å². The molecule has 0 spiro atoms. The Morgan fingerprint density at radius 1 is 0.333 bits per heavy atom. The average molecular weight is 1070 g/mol. The first-order chi connectivity index (χ1) is 34.7. The predicted octanol–water partition coefficient (Wildman–Crippen LogP) is 13.6. The molecule has 0 heterocycles. The van der Waals surface area contributed by atoms with E-state index in [4.69, 9.17) is 37.0 Å². The third kappa shape index (κ3) is 47.8. The van der Waals surface area contributed by atoms with Gasteiger partial charge in [-0.3, -0.25) is 37.3 Å². The van der Waals surface area contributed by atoms with Crippen LogP contribution in [0.15, 0.2) is 0 Å². The van der Waals surface area contributed by atoms with Gasteiger partial charge in [-0.15, -0.1) is 0 Å². The molecule has 3 N–H and O–H groups in total. The van der Waals surface area contributed by atoms with E-state index in [0.717, 1.165) is 103 Å². The molecule has 0 aliphatic carbocycles. The van der Waals surface area contributed by atoms with Crippen LogP contribution in [-0.2, 0) is 65.4 Å². The Kier molecular flexibility index (Phi) is 47.4. The number of hydrogen-bond donors (Lipinski definition) is 3. The highest BCUT2D eigenvalue weighted by molar-refractivity contribution is 7.47. The number of ether oxygens (including phenoxy) is 4. The smallest absolute Gasteiger partial charge is 0.462 e. The average Bonchev–Trinajstić information content (AvgIpc) is 3.35. The second-order valence-electron chi connectivity index (χ2n) is 19.3. The second kappa shape index (κ2) is 48.7. The van der Waals surface area contributed by atoms with Gasteiger partial charge in [0.05, 0.1) is 26.4 Å². The van der Waals surface area contributed by atoms with Gasteiger partial charge >= 0.3 is 39.5 Å². The van der Waals surface area contributed by atoms with Gasteiger partial charge in [-0.05, 0) is 25.7 Å². The van der Waals surface area contributed by atoms with Gasteiger partial charge in [-0.1, -0.05) is 207 Å². The van der Waals surface area contributed by atoms with Crippen molar-refractivity contribution in [3.8, 4) is 0 Å². The Morgan fingerprint density at radius 3 is 0.833 bits per heavy atom. The number of hydrogen-bond acceptors (Lipinski definition) is 15. The summed E-state index contributed by atoms with van der Waals surface area (Å²) in [7, 11) is -9.84. The van der Waals surface area contributed by atoms with E-state index in [0.29, 0.717) is 25.7 Å². The van der Waals surface area contributed by atoms with Crippen molar-refractivity contribution in [2.75, 3.05) is 39.6 Å². The molecule has 0 saturated carbocycles. The van der Waals surface area contributed by atoms with Crippen LogP contribution in [0, 0.1) is 0 Å². The van der Waals surface area contributed by atoms with E-state index in [1.165, 1.54) is 77.0 Å². The van der Waals surface area contributed by atoms with Crippen LogP contribution in [0.2, 0.25) is 0 Å². The van der Waals surface area contributed by atoms with Crippen LogP contribution in [0.1, 0.15) is 259 Å². The number of unbranched alkanes of at least 4 members (excludes halogenated alkanes) is 28. The number of aliphatic hydroxyl groups is 1. The fourth-order valence-corrected chi connectivity index (χ4v) is 9.27. The lowest BCUT2D eigenvalue weighted by Crippen LogP contribution is -2.30. The maximum absolute atomic E-state index is 12.8. The van der Waals surface area contributed by atoms with Crippen LogP contribution in [0.4, 0.5) is 0 Å². The first-order valence-corrected chi connectivity index (χ1v) is 31.3. The van der Waals surface area contributed by atoms with Crippen LogP contribution in [-0.4, -0.2) is 96.7 Å². The molecule has 0 amide bonds. The molecule has 0 rings (SSSR count). The second-order valence-corrected chi connectivity index (χ2v) is 22.2. The van der Waals surface area contributed by atoms with Crippen LogP contribution >= 0.6 is 15.6 Å². The molecule has 0 bridgehead atoms. The molecule has 72 heavy (non-hydrogen) atoms. The van der Waals surface area contributed by atoms with Gasteiger partial charge in [0.25, 0.3) is 0 Å². The highest BCUT2D eigenvalue weighted by atomic mass is 31.2. The van der Waals surface area contributed by atoms with Gasteiger partial charge in [0.1, 0.15) is 19.3 Å². The third-order valence-corrected chi connectivity index (χ3v) is 14.0. The molecule has 0 aliphatic rings. The van der Waals surface area contributed by atoms with E-state index in [1.54, 1.807) is 0 Å². The van der Waals surface area contributed by atoms with E-state index in [1.807, 2.05) is 0 Å². The maximum atomic E-state index is 12.8. The topological polar surface area (TPSA) is 237 Å². The molecule has 426 valence electrons. The number of phosphoric ester groups is 2. The minimum absolute atomic E-state index is 0.104. The molecule has 0 saturated heterocycles. The van der Waals surface area contributed by atoms with Gasteiger partial charge < -0.3 is 33.8 Å². The molecule has 2 unspecified atom stereocenters. The van der Waals surface area contributed by atoms with Crippen LogP contribution in [0.3, 0.4) is 0 Å². The highest BCUT2D eigenvalue weighted by Gasteiger charge is 2.30. The van der Waals surface area contributed by atoms with Crippen molar-refractivity contribution in [2.45, 2.75) is 277 Å². The third-order valence-electron chi connectivity index (χ3n) is 12.1. The zero-order valence-electron chi connectivity index (χ0n) is 45.4. The van der Waals surface area contributed by atoms with Crippen LogP contribution < -0.4 is 0 Å². The molecule has 0 aromatic carbocycles. The predicted molar refractivity (Wildman–Crippen MR) is 280 cm³/mol. The minimum Gasteiger partial charge on any atom is -0.462 e. The largest absolute Gasteiger partial charge is 0.472 e. The zero-order chi connectivity index (χ0) is 53.4. The lowest BCUT2D eigenvalue weighted by molar-refractivity contribution is -0.161. The Hall–Kier alpha value is -1.94. The van der Waals surface area contributed by atoms with Gasteiger partial charge in [0.15, 0.2) is 12.2 Å². The SMILES string of the molecule is CCCCCCCCCCCCCCC(=O)O[C@H](COC(=O)CCCCCC)COP(=O)(O)OC[C@H](O)COP(=O)(O)OC[C@@H](COC(=O)CCCCCCCCCCC)OC(=O)CCCCCCCCC. The molecule has 0 aromatic rings. The maximum Gasteiger partial charge on any atom is 0.472 e. The standard InChI is InChI=1S/C53H102O17P2/c1-5-9-13-17-20-22-23-24-26-29-32-36-40-53(58)69-48(43-63-50(55)37-33-16-12-8-4)45-67-71(59,60)65-41-47(54)42-66-72(61,62)68-46-49(70-52(57)39-35-31-27-19-15-11-7-3)44-64-51(56)38-34-30-28-25-21-18-14-10-6-2/h47-49,54H,5-46H2,1-4H3,(H,59,60)(H,61,62)/t47-,48+,49+/m0/s1. The van der Waals surface area contributed by atoms with Gasteiger partial charge in [0.2, 0.25) is 0 Å². The zero-order valence-corrected chi connectivity index (χ0v) is 47.2. The number of phosphoric acid groups is 2. The summed E-state index contributed by atoms with van der Waals surface area (Å²) in [5, 5.41) is 10.4. The van der Waals surface area contributed by atoms with Gasteiger partial charge in [0, 0.05) is 25.7 Å². The van der Waals surface area contributed by atoms with Gasteiger partial charge in [-0.2, -0.15) is 0 Å². The molecule has 0 fully saturated rings. The Morgan fingerprint density at radius 2 is 0.556 bits per heavy atom. The number of aliphatic hydroxyl groups excluding tert-OH is 1. The minimum atomic E-state index is -4.92. The fourth-order valence-electron chi connectivity index (χ4n) is 7.69. The van der Waals surface area contributed by atoms with E-state index in [-0.39, 0.29) is 25.7 Å². The summed E-state index contributed by atoms with van der Waals surface area (Å²) >= 11 is 0.